The van der Waals surface area contributed by atoms with Gasteiger partial charge in [-0.15, -0.1) is 4.40 Å². The highest BCUT2D eigenvalue weighted by atomic mass is 35.5. The van der Waals surface area contributed by atoms with Gasteiger partial charge in [-0.25, -0.2) is 14.3 Å². The van der Waals surface area contributed by atoms with Crippen molar-refractivity contribution in [3.8, 4) is 27.6 Å². The Morgan fingerprint density at radius 2 is 2.08 bits per heavy atom. The third-order valence-electron chi connectivity index (χ3n) is 3.92. The SMILES string of the molecule is CC[n+]1c([O-])c(-c2ccccc2)c(=O)n2c(-c3cnc(Cl)s3)csc21. The van der Waals surface area contributed by atoms with E-state index in [0.29, 0.717) is 27.2 Å². The Morgan fingerprint density at radius 3 is 2.72 bits per heavy atom. The Hall–Kier alpha value is -2.22. The Balaban J connectivity index is 2.12. The topological polar surface area (TPSA) is 61.3 Å². The second kappa shape index (κ2) is 6.25. The maximum atomic E-state index is 13.2. The maximum Gasteiger partial charge on any atom is 0.350 e. The second-order valence-corrected chi connectivity index (χ2v) is 7.76. The zero-order valence-electron chi connectivity index (χ0n) is 13.1. The molecule has 0 radical (unpaired) electrons. The molecule has 0 bridgehead atoms. The summed E-state index contributed by atoms with van der Waals surface area (Å²) in [6, 6.07) is 9.04. The van der Waals surface area contributed by atoms with E-state index in [1.807, 2.05) is 30.5 Å². The molecule has 126 valence electrons. The lowest BCUT2D eigenvalue weighted by molar-refractivity contribution is -0.710. The van der Waals surface area contributed by atoms with Crippen molar-refractivity contribution in [1.82, 2.24) is 9.38 Å². The number of rotatable bonds is 3. The Bertz CT molecular complexity index is 1130. The average molecular weight is 390 g/mol. The number of nitrogens with zero attached hydrogens (tertiary/aromatic N) is 3. The molecule has 0 amide bonds. The molecule has 25 heavy (non-hydrogen) atoms. The van der Waals surface area contributed by atoms with Crippen LogP contribution in [0.2, 0.25) is 4.47 Å². The van der Waals surface area contributed by atoms with Gasteiger partial charge in [0.25, 0.3) is 0 Å². The summed E-state index contributed by atoms with van der Waals surface area (Å²) in [6.45, 7) is 2.37. The summed E-state index contributed by atoms with van der Waals surface area (Å²) in [5, 5.41) is 14.8. The first kappa shape index (κ1) is 16.3. The number of benzene rings is 1. The Kier molecular flexibility index (Phi) is 4.07. The number of thiazole rings is 2. The van der Waals surface area contributed by atoms with Crippen LogP contribution in [0.15, 0.2) is 46.7 Å². The number of fused-ring (bicyclic) bond motifs is 1. The molecule has 0 fully saturated rings. The first-order valence-electron chi connectivity index (χ1n) is 7.56. The molecular formula is C17H12ClN3O2S2. The third kappa shape index (κ3) is 2.55. The van der Waals surface area contributed by atoms with Crippen molar-refractivity contribution in [2.45, 2.75) is 13.5 Å². The zero-order chi connectivity index (χ0) is 17.6. The molecule has 5 nitrogen and oxygen atoms in total. The number of aromatic nitrogens is 3. The van der Waals surface area contributed by atoms with Crippen LogP contribution in [-0.2, 0) is 6.54 Å². The normalized spacial score (nSPS) is 11.3. The fraction of sp³-hybridized carbons (Fsp3) is 0.118. The minimum absolute atomic E-state index is 0.176. The van der Waals surface area contributed by atoms with Gasteiger partial charge in [0.2, 0.25) is 0 Å². The van der Waals surface area contributed by atoms with Crippen LogP contribution < -0.4 is 15.2 Å². The van der Waals surface area contributed by atoms with Crippen molar-refractivity contribution < 1.29 is 9.67 Å². The predicted molar refractivity (Wildman–Crippen MR) is 98.4 cm³/mol. The van der Waals surface area contributed by atoms with E-state index in [9.17, 15) is 9.90 Å². The van der Waals surface area contributed by atoms with Crippen LogP contribution in [0.3, 0.4) is 0 Å². The third-order valence-corrected chi connectivity index (χ3v) is 6.02. The van der Waals surface area contributed by atoms with E-state index < -0.39 is 0 Å². The zero-order valence-corrected chi connectivity index (χ0v) is 15.5. The van der Waals surface area contributed by atoms with Crippen LogP contribution in [0, 0.1) is 0 Å². The highest BCUT2D eigenvalue weighted by molar-refractivity contribution is 7.19. The van der Waals surface area contributed by atoms with Gasteiger partial charge in [-0.1, -0.05) is 64.6 Å². The van der Waals surface area contributed by atoms with Crippen molar-refractivity contribution in [1.29, 1.82) is 0 Å². The number of hydrogen-bond acceptors (Lipinski definition) is 5. The lowest BCUT2D eigenvalue weighted by atomic mass is 10.1. The molecule has 0 spiro atoms. The number of halogens is 1. The van der Waals surface area contributed by atoms with E-state index in [1.165, 1.54) is 22.7 Å². The standard InChI is InChI=1S/C17H12ClN3O2S2/c1-2-20-14(22)13(10-6-4-3-5-7-10)15(23)21-11(9-24-17(20)21)12-8-19-16(18)25-12/h3-9H,2H2,1H3. The monoisotopic (exact) mass is 389 g/mol. The van der Waals surface area contributed by atoms with Crippen molar-refractivity contribution in [2.24, 2.45) is 0 Å². The molecule has 3 aromatic heterocycles. The summed E-state index contributed by atoms with van der Waals surface area (Å²) in [4.78, 5) is 18.6. The second-order valence-electron chi connectivity index (χ2n) is 5.31. The van der Waals surface area contributed by atoms with Crippen LogP contribution in [0.5, 0.6) is 5.88 Å². The van der Waals surface area contributed by atoms with Gasteiger partial charge in [-0.2, -0.15) is 0 Å². The molecule has 0 unspecified atom stereocenters. The van der Waals surface area contributed by atoms with Crippen LogP contribution >= 0.6 is 34.3 Å². The highest BCUT2D eigenvalue weighted by Crippen LogP contribution is 2.32. The van der Waals surface area contributed by atoms with Crippen molar-refractivity contribution in [3.05, 3.63) is 56.7 Å². The van der Waals surface area contributed by atoms with Gasteiger partial charge in [0.05, 0.1) is 23.5 Å². The number of aryl methyl sites for hydroxylation is 1. The summed E-state index contributed by atoms with van der Waals surface area (Å²) < 4.78 is 3.62. The summed E-state index contributed by atoms with van der Waals surface area (Å²) in [5.41, 5.74) is 1.18. The summed E-state index contributed by atoms with van der Waals surface area (Å²) in [7, 11) is 0. The van der Waals surface area contributed by atoms with Gasteiger partial charge in [0.1, 0.15) is 5.56 Å². The van der Waals surface area contributed by atoms with Crippen molar-refractivity contribution in [2.75, 3.05) is 0 Å². The fourth-order valence-corrected chi connectivity index (χ4v) is 4.89. The van der Waals surface area contributed by atoms with Crippen LogP contribution in [0.4, 0.5) is 0 Å². The van der Waals surface area contributed by atoms with E-state index in [0.717, 1.165) is 4.88 Å². The quantitative estimate of drug-likeness (QED) is 0.505. The molecule has 0 saturated heterocycles. The fourth-order valence-electron chi connectivity index (χ4n) is 2.79. The lowest BCUT2D eigenvalue weighted by Gasteiger charge is -2.14. The molecule has 8 heteroatoms. The molecule has 0 aliphatic rings. The maximum absolute atomic E-state index is 13.2. The average Bonchev–Trinajstić information content (AvgIpc) is 3.23. The van der Waals surface area contributed by atoms with E-state index in [1.54, 1.807) is 27.3 Å². The minimum atomic E-state index is -0.323. The molecular weight excluding hydrogens is 378 g/mol. The van der Waals surface area contributed by atoms with Gasteiger partial charge in [0, 0.05) is 5.38 Å². The first-order valence-corrected chi connectivity index (χ1v) is 9.63. The number of hydrogen-bond donors (Lipinski definition) is 0. The largest absolute Gasteiger partial charge is 0.842 e. The molecule has 0 saturated carbocycles. The van der Waals surface area contributed by atoms with Gasteiger partial charge >= 0.3 is 10.5 Å². The minimum Gasteiger partial charge on any atom is -0.842 e. The molecule has 1 aromatic carbocycles. The van der Waals surface area contributed by atoms with Crippen molar-refractivity contribution >= 4 is 39.2 Å². The van der Waals surface area contributed by atoms with Gasteiger partial charge in [-0.05, 0) is 12.5 Å². The summed E-state index contributed by atoms with van der Waals surface area (Å²) >= 11 is 8.61. The molecule has 4 rings (SSSR count). The molecule has 0 N–H and O–H groups in total. The molecule has 0 atom stereocenters. The van der Waals surface area contributed by atoms with E-state index >= 15 is 0 Å². The van der Waals surface area contributed by atoms with Crippen LogP contribution in [-0.4, -0.2) is 9.38 Å². The van der Waals surface area contributed by atoms with E-state index in [2.05, 4.69) is 4.98 Å². The highest BCUT2D eigenvalue weighted by Gasteiger charge is 2.25. The van der Waals surface area contributed by atoms with Crippen LogP contribution in [0.25, 0.3) is 26.7 Å². The molecule has 0 aliphatic carbocycles. The van der Waals surface area contributed by atoms with Crippen LogP contribution in [0.1, 0.15) is 6.92 Å². The molecule has 3 heterocycles. The van der Waals surface area contributed by atoms with E-state index in [4.69, 9.17) is 11.6 Å². The predicted octanol–water partition coefficient (Wildman–Crippen LogP) is 3.19. The van der Waals surface area contributed by atoms with E-state index in [-0.39, 0.29) is 17.0 Å². The van der Waals surface area contributed by atoms with Crippen molar-refractivity contribution in [3.63, 3.8) is 0 Å². The summed E-state index contributed by atoms with van der Waals surface area (Å²) in [5.74, 6) is -0.269. The first-order chi connectivity index (χ1) is 12.1. The smallest absolute Gasteiger partial charge is 0.350 e. The van der Waals surface area contributed by atoms with Gasteiger partial charge in [0.15, 0.2) is 10.2 Å². The molecule has 0 aliphatic heterocycles. The van der Waals surface area contributed by atoms with Gasteiger partial charge < -0.3 is 5.11 Å². The van der Waals surface area contributed by atoms with Gasteiger partial charge in [-0.3, -0.25) is 0 Å². The Morgan fingerprint density at radius 1 is 1.32 bits per heavy atom. The molecule has 4 aromatic rings. The summed E-state index contributed by atoms with van der Waals surface area (Å²) in [6.07, 6.45) is 1.64. The Labute approximate surface area is 156 Å². The lowest BCUT2D eigenvalue weighted by Crippen LogP contribution is -2.42.